The van der Waals surface area contributed by atoms with E-state index < -0.39 is 16.1 Å². The van der Waals surface area contributed by atoms with Gasteiger partial charge in [0.15, 0.2) is 0 Å². The van der Waals surface area contributed by atoms with Crippen LogP contribution in [-0.2, 0) is 26.2 Å². The molecule has 2 atom stereocenters. The van der Waals surface area contributed by atoms with E-state index in [4.69, 9.17) is 11.6 Å². The standard InChI is InChI=1S/C27H38ClN3O4S/c1-7-20(3)29-27(33)22(5)30(18-23-13-8-9-14-24(23)28)26(32)16-11-17-31(36(6,34)35)25-15-10-12-19(2)21(25)4/h8-10,12-15,20,22H,7,11,16-18H2,1-6H3,(H,29,33)/t20-,22-/m1/s1. The molecule has 0 spiro atoms. The van der Waals surface area contributed by atoms with Crippen molar-refractivity contribution in [3.8, 4) is 0 Å². The minimum absolute atomic E-state index is 0.0156. The number of nitrogens with zero attached hydrogens (tertiary/aromatic N) is 2. The molecule has 0 saturated heterocycles. The van der Waals surface area contributed by atoms with E-state index >= 15 is 0 Å². The molecular weight excluding hydrogens is 498 g/mol. The summed E-state index contributed by atoms with van der Waals surface area (Å²) in [5.74, 6) is -0.478. The first-order valence-electron chi connectivity index (χ1n) is 12.2. The first-order chi connectivity index (χ1) is 16.9. The van der Waals surface area contributed by atoms with Crippen molar-refractivity contribution in [2.45, 2.75) is 72.5 Å². The van der Waals surface area contributed by atoms with Crippen molar-refractivity contribution in [3.63, 3.8) is 0 Å². The molecule has 7 nitrogen and oxygen atoms in total. The summed E-state index contributed by atoms with van der Waals surface area (Å²) in [5.41, 5.74) is 3.22. The molecule has 0 aromatic heterocycles. The summed E-state index contributed by atoms with van der Waals surface area (Å²) >= 11 is 6.34. The van der Waals surface area contributed by atoms with Gasteiger partial charge in [0, 0.05) is 30.6 Å². The number of carbonyl (C=O) groups is 2. The molecule has 0 saturated carbocycles. The zero-order valence-corrected chi connectivity index (χ0v) is 23.6. The second kappa shape index (κ2) is 13.1. The summed E-state index contributed by atoms with van der Waals surface area (Å²) in [6, 6.07) is 12.0. The van der Waals surface area contributed by atoms with Gasteiger partial charge in [0.05, 0.1) is 11.9 Å². The minimum Gasteiger partial charge on any atom is -0.352 e. The quantitative estimate of drug-likeness (QED) is 0.421. The topological polar surface area (TPSA) is 86.8 Å². The third-order valence-corrected chi connectivity index (χ3v) is 8.01. The number of hydrogen-bond donors (Lipinski definition) is 1. The van der Waals surface area contributed by atoms with Crippen LogP contribution >= 0.6 is 11.6 Å². The fraction of sp³-hybridized carbons (Fsp3) is 0.481. The average molecular weight is 536 g/mol. The number of anilines is 1. The Bertz CT molecular complexity index is 1170. The van der Waals surface area contributed by atoms with Gasteiger partial charge in [-0.2, -0.15) is 0 Å². The molecule has 198 valence electrons. The van der Waals surface area contributed by atoms with E-state index in [9.17, 15) is 18.0 Å². The van der Waals surface area contributed by atoms with E-state index in [1.54, 1.807) is 19.1 Å². The smallest absolute Gasteiger partial charge is 0.242 e. The Morgan fingerprint density at radius 3 is 2.33 bits per heavy atom. The van der Waals surface area contributed by atoms with Crippen LogP contribution in [-0.4, -0.2) is 50.0 Å². The zero-order chi connectivity index (χ0) is 27.0. The van der Waals surface area contributed by atoms with Crippen LogP contribution in [0, 0.1) is 13.8 Å². The maximum absolute atomic E-state index is 13.4. The molecule has 0 aliphatic rings. The highest BCUT2D eigenvalue weighted by atomic mass is 35.5. The summed E-state index contributed by atoms with van der Waals surface area (Å²) in [7, 11) is -3.55. The molecule has 0 bridgehead atoms. The molecule has 0 fully saturated rings. The Morgan fingerprint density at radius 1 is 1.06 bits per heavy atom. The number of hydrogen-bond acceptors (Lipinski definition) is 4. The molecule has 36 heavy (non-hydrogen) atoms. The summed E-state index contributed by atoms with van der Waals surface area (Å²) in [6.07, 6.45) is 2.33. The number of sulfonamides is 1. The largest absolute Gasteiger partial charge is 0.352 e. The number of aryl methyl sites for hydroxylation is 1. The third-order valence-electron chi connectivity index (χ3n) is 6.46. The number of benzene rings is 2. The first-order valence-corrected chi connectivity index (χ1v) is 14.5. The highest BCUT2D eigenvalue weighted by Crippen LogP contribution is 2.26. The van der Waals surface area contributed by atoms with Crippen molar-refractivity contribution in [1.82, 2.24) is 10.2 Å². The number of amides is 2. The van der Waals surface area contributed by atoms with Gasteiger partial charge in [-0.15, -0.1) is 0 Å². The normalized spacial score (nSPS) is 13.1. The zero-order valence-electron chi connectivity index (χ0n) is 22.0. The molecule has 2 aromatic rings. The molecule has 0 aliphatic heterocycles. The van der Waals surface area contributed by atoms with Crippen molar-refractivity contribution >= 4 is 39.1 Å². The van der Waals surface area contributed by atoms with Gasteiger partial charge in [0.1, 0.15) is 6.04 Å². The Kier molecular flexibility index (Phi) is 10.8. The van der Waals surface area contributed by atoms with Crippen molar-refractivity contribution in [3.05, 3.63) is 64.2 Å². The van der Waals surface area contributed by atoms with E-state index in [-0.39, 0.29) is 37.4 Å². The summed E-state index contributed by atoms with van der Waals surface area (Å²) in [6.45, 7) is 9.75. The van der Waals surface area contributed by atoms with Crippen LogP contribution in [0.4, 0.5) is 5.69 Å². The van der Waals surface area contributed by atoms with Gasteiger partial charge < -0.3 is 10.2 Å². The lowest BCUT2D eigenvalue weighted by molar-refractivity contribution is -0.140. The van der Waals surface area contributed by atoms with Crippen molar-refractivity contribution in [2.24, 2.45) is 0 Å². The van der Waals surface area contributed by atoms with Gasteiger partial charge in [-0.1, -0.05) is 48.9 Å². The summed E-state index contributed by atoms with van der Waals surface area (Å²) in [5, 5.41) is 3.46. The SMILES string of the molecule is CC[C@@H](C)NC(=O)[C@@H](C)N(Cc1ccccc1Cl)C(=O)CCCN(c1cccc(C)c1C)S(C)(=O)=O. The molecule has 0 unspecified atom stereocenters. The Hall–Kier alpha value is -2.58. The predicted octanol–water partition coefficient (Wildman–Crippen LogP) is 4.84. The fourth-order valence-corrected chi connectivity index (χ4v) is 5.06. The number of rotatable bonds is 12. The van der Waals surface area contributed by atoms with Crippen LogP contribution in [0.25, 0.3) is 0 Å². The van der Waals surface area contributed by atoms with Gasteiger partial charge in [-0.3, -0.25) is 13.9 Å². The highest BCUT2D eigenvalue weighted by molar-refractivity contribution is 7.92. The van der Waals surface area contributed by atoms with Crippen LogP contribution in [0.5, 0.6) is 0 Å². The number of nitrogens with one attached hydrogen (secondary N) is 1. The highest BCUT2D eigenvalue weighted by Gasteiger charge is 2.28. The Labute approximate surface area is 220 Å². The van der Waals surface area contributed by atoms with Gasteiger partial charge in [-0.05, 0) is 69.4 Å². The fourth-order valence-electron chi connectivity index (χ4n) is 3.85. The molecular formula is C27H38ClN3O4S. The molecule has 1 N–H and O–H groups in total. The van der Waals surface area contributed by atoms with Crippen LogP contribution in [0.2, 0.25) is 5.02 Å². The molecule has 0 heterocycles. The lowest BCUT2D eigenvalue weighted by Crippen LogP contribution is -2.49. The molecule has 0 radical (unpaired) electrons. The van der Waals surface area contributed by atoms with Crippen LogP contribution in [0.1, 0.15) is 56.7 Å². The van der Waals surface area contributed by atoms with Crippen molar-refractivity contribution < 1.29 is 18.0 Å². The summed E-state index contributed by atoms with van der Waals surface area (Å²) < 4.78 is 26.5. The Balaban J connectivity index is 2.22. The number of halogens is 1. The second-order valence-electron chi connectivity index (χ2n) is 9.26. The van der Waals surface area contributed by atoms with Crippen molar-refractivity contribution in [2.75, 3.05) is 17.1 Å². The van der Waals surface area contributed by atoms with Gasteiger partial charge in [0.2, 0.25) is 21.8 Å². The molecule has 2 aromatic carbocycles. The summed E-state index contributed by atoms with van der Waals surface area (Å²) in [4.78, 5) is 27.8. The maximum atomic E-state index is 13.4. The Morgan fingerprint density at radius 2 is 1.72 bits per heavy atom. The van der Waals surface area contributed by atoms with E-state index in [0.717, 1.165) is 23.1 Å². The number of carbonyl (C=O) groups excluding carboxylic acids is 2. The minimum atomic E-state index is -3.55. The lowest BCUT2D eigenvalue weighted by atomic mass is 10.1. The molecule has 9 heteroatoms. The van der Waals surface area contributed by atoms with E-state index in [2.05, 4.69) is 5.32 Å². The monoisotopic (exact) mass is 535 g/mol. The van der Waals surface area contributed by atoms with Crippen LogP contribution < -0.4 is 9.62 Å². The van der Waals surface area contributed by atoms with Gasteiger partial charge in [0.25, 0.3) is 0 Å². The predicted molar refractivity (Wildman–Crippen MR) is 147 cm³/mol. The van der Waals surface area contributed by atoms with Crippen LogP contribution in [0.3, 0.4) is 0 Å². The molecule has 2 rings (SSSR count). The average Bonchev–Trinajstić information content (AvgIpc) is 2.82. The maximum Gasteiger partial charge on any atom is 0.242 e. The van der Waals surface area contributed by atoms with Gasteiger partial charge >= 0.3 is 0 Å². The van der Waals surface area contributed by atoms with E-state index in [1.165, 1.54) is 15.5 Å². The van der Waals surface area contributed by atoms with E-state index in [0.29, 0.717) is 17.1 Å². The first kappa shape index (κ1) is 29.6. The van der Waals surface area contributed by atoms with Crippen LogP contribution in [0.15, 0.2) is 42.5 Å². The van der Waals surface area contributed by atoms with E-state index in [1.807, 2.05) is 58.0 Å². The molecule has 0 aliphatic carbocycles. The van der Waals surface area contributed by atoms with Gasteiger partial charge in [-0.25, -0.2) is 8.42 Å². The molecule has 2 amide bonds. The van der Waals surface area contributed by atoms with Crippen molar-refractivity contribution in [1.29, 1.82) is 0 Å². The lowest BCUT2D eigenvalue weighted by Gasteiger charge is -2.30. The third kappa shape index (κ3) is 7.96. The second-order valence-corrected chi connectivity index (χ2v) is 11.6.